The molecule has 3 heteroatoms. The lowest BCUT2D eigenvalue weighted by Crippen LogP contribution is -1.95. The van der Waals surface area contributed by atoms with Crippen molar-refractivity contribution in [3.8, 4) is 0 Å². The molecule has 0 amide bonds. The number of benzene rings is 2. The second kappa shape index (κ2) is 6.53. The highest BCUT2D eigenvalue weighted by Crippen LogP contribution is 2.31. The number of rotatable bonds is 4. The summed E-state index contributed by atoms with van der Waals surface area (Å²) in [5.74, 6) is -0.272. The summed E-state index contributed by atoms with van der Waals surface area (Å²) in [5, 5.41) is -0.257. The first kappa shape index (κ1) is 14.5. The second-order valence-electron chi connectivity index (χ2n) is 4.53. The number of hydrogen-bond donors (Lipinski definition) is 0. The smallest absolute Gasteiger partial charge is 0.137 e. The molecule has 0 saturated carbocycles. The Hall–Kier alpha value is -0.860. The van der Waals surface area contributed by atoms with Crippen LogP contribution in [-0.4, -0.2) is 0 Å². The average molecular weight is 342 g/mol. The summed E-state index contributed by atoms with van der Waals surface area (Å²) in [5.41, 5.74) is 3.23. The highest BCUT2D eigenvalue weighted by atomic mass is 79.9. The van der Waals surface area contributed by atoms with Crippen LogP contribution in [0.25, 0.3) is 0 Å². The van der Waals surface area contributed by atoms with Gasteiger partial charge in [0.2, 0.25) is 0 Å². The lowest BCUT2D eigenvalue weighted by Gasteiger charge is -2.12. The molecule has 0 fully saturated rings. The molecule has 0 nitrogen and oxygen atoms in total. The molecule has 0 aromatic heterocycles. The van der Waals surface area contributed by atoms with Crippen LogP contribution in [0.2, 0.25) is 0 Å². The van der Waals surface area contributed by atoms with Crippen LogP contribution < -0.4 is 0 Å². The van der Waals surface area contributed by atoms with Crippen LogP contribution in [0, 0.1) is 5.82 Å². The van der Waals surface area contributed by atoms with Crippen LogP contribution in [-0.2, 0) is 6.42 Å². The third kappa shape index (κ3) is 3.58. The molecule has 0 saturated heterocycles. The normalized spacial score (nSPS) is 12.4. The van der Waals surface area contributed by atoms with E-state index in [4.69, 9.17) is 11.6 Å². The molecule has 19 heavy (non-hydrogen) atoms. The second-order valence-corrected chi connectivity index (χ2v) is 5.82. The molecular formula is C16H15BrClF. The molecule has 0 radical (unpaired) electrons. The minimum Gasteiger partial charge on any atom is -0.206 e. The Bertz CT molecular complexity index is 551. The van der Waals surface area contributed by atoms with Gasteiger partial charge in [0, 0.05) is 0 Å². The van der Waals surface area contributed by atoms with Crippen molar-refractivity contribution in [2.24, 2.45) is 0 Å². The molecule has 0 spiro atoms. The summed E-state index contributed by atoms with van der Waals surface area (Å²) in [7, 11) is 0. The van der Waals surface area contributed by atoms with Gasteiger partial charge in [0.1, 0.15) is 5.82 Å². The molecule has 100 valence electrons. The van der Waals surface area contributed by atoms with Crippen molar-refractivity contribution in [3.05, 3.63) is 69.4 Å². The summed E-state index contributed by atoms with van der Waals surface area (Å²) < 4.78 is 13.7. The van der Waals surface area contributed by atoms with Gasteiger partial charge in [-0.15, -0.1) is 11.6 Å². The third-order valence-corrected chi connectivity index (χ3v) is 4.16. The van der Waals surface area contributed by atoms with Crippen molar-refractivity contribution in [2.45, 2.75) is 25.1 Å². The monoisotopic (exact) mass is 340 g/mol. The van der Waals surface area contributed by atoms with Gasteiger partial charge in [0.05, 0.1) is 9.85 Å². The number of halogens is 3. The minimum atomic E-state index is -0.272. The van der Waals surface area contributed by atoms with Crippen molar-refractivity contribution >= 4 is 27.5 Å². The lowest BCUT2D eigenvalue weighted by molar-refractivity contribution is 0.620. The number of hydrogen-bond acceptors (Lipinski definition) is 0. The Balaban J connectivity index is 2.22. The Morgan fingerprint density at radius 2 is 1.74 bits per heavy atom. The van der Waals surface area contributed by atoms with E-state index in [1.54, 1.807) is 12.1 Å². The average Bonchev–Trinajstić information content (AvgIpc) is 2.42. The van der Waals surface area contributed by atoms with Gasteiger partial charge < -0.3 is 0 Å². The number of aryl methyl sites for hydroxylation is 1. The van der Waals surface area contributed by atoms with E-state index in [-0.39, 0.29) is 11.2 Å². The number of alkyl halides is 1. The SMILES string of the molecule is CCCc1ccc(C(Cl)c2ccc(F)c(Br)c2)cc1. The minimum absolute atomic E-state index is 0.257. The maximum absolute atomic E-state index is 13.2. The highest BCUT2D eigenvalue weighted by Gasteiger charge is 2.12. The summed E-state index contributed by atoms with van der Waals surface area (Å²) >= 11 is 9.63. The zero-order valence-corrected chi connectivity index (χ0v) is 13.0. The molecule has 1 unspecified atom stereocenters. The van der Waals surface area contributed by atoms with Gasteiger partial charge in [-0.2, -0.15) is 0 Å². The van der Waals surface area contributed by atoms with E-state index in [1.807, 2.05) is 12.1 Å². The molecular weight excluding hydrogens is 327 g/mol. The van der Waals surface area contributed by atoms with E-state index < -0.39 is 0 Å². The Kier molecular flexibility index (Phi) is 5.00. The van der Waals surface area contributed by atoms with Gasteiger partial charge in [-0.05, 0) is 51.2 Å². The molecule has 0 heterocycles. The first-order chi connectivity index (χ1) is 9.11. The first-order valence-electron chi connectivity index (χ1n) is 6.29. The summed E-state index contributed by atoms with van der Waals surface area (Å²) in [6, 6.07) is 13.2. The van der Waals surface area contributed by atoms with Crippen molar-refractivity contribution in [3.63, 3.8) is 0 Å². The first-order valence-corrected chi connectivity index (χ1v) is 7.52. The van der Waals surface area contributed by atoms with Crippen LogP contribution in [0.5, 0.6) is 0 Å². The molecule has 2 aromatic rings. The van der Waals surface area contributed by atoms with Crippen molar-refractivity contribution in [1.29, 1.82) is 0 Å². The van der Waals surface area contributed by atoms with E-state index in [1.165, 1.54) is 11.6 Å². The molecule has 2 rings (SSSR count). The summed E-state index contributed by atoms with van der Waals surface area (Å²) in [4.78, 5) is 0. The van der Waals surface area contributed by atoms with E-state index in [9.17, 15) is 4.39 Å². The Morgan fingerprint density at radius 3 is 2.32 bits per heavy atom. The van der Waals surface area contributed by atoms with Gasteiger partial charge >= 0.3 is 0 Å². The van der Waals surface area contributed by atoms with E-state index in [2.05, 4.69) is 35.0 Å². The van der Waals surface area contributed by atoms with Crippen LogP contribution in [0.4, 0.5) is 4.39 Å². The van der Waals surface area contributed by atoms with Crippen LogP contribution in [0.3, 0.4) is 0 Å². The maximum Gasteiger partial charge on any atom is 0.137 e. The van der Waals surface area contributed by atoms with Crippen LogP contribution >= 0.6 is 27.5 Å². The van der Waals surface area contributed by atoms with Crippen molar-refractivity contribution in [1.82, 2.24) is 0 Å². The van der Waals surface area contributed by atoms with Gasteiger partial charge in [-0.25, -0.2) is 4.39 Å². The van der Waals surface area contributed by atoms with E-state index >= 15 is 0 Å². The summed E-state index contributed by atoms with van der Waals surface area (Å²) in [6.07, 6.45) is 2.21. The molecule has 0 bridgehead atoms. The van der Waals surface area contributed by atoms with Gasteiger partial charge in [0.15, 0.2) is 0 Å². The van der Waals surface area contributed by atoms with Crippen LogP contribution in [0.1, 0.15) is 35.4 Å². The highest BCUT2D eigenvalue weighted by molar-refractivity contribution is 9.10. The predicted molar refractivity (Wildman–Crippen MR) is 82.2 cm³/mol. The van der Waals surface area contributed by atoms with Gasteiger partial charge in [0.25, 0.3) is 0 Å². The van der Waals surface area contributed by atoms with Gasteiger partial charge in [-0.3, -0.25) is 0 Å². The molecule has 0 aliphatic heterocycles. The van der Waals surface area contributed by atoms with E-state index in [0.29, 0.717) is 4.47 Å². The van der Waals surface area contributed by atoms with Gasteiger partial charge in [-0.1, -0.05) is 43.7 Å². The Morgan fingerprint density at radius 1 is 1.11 bits per heavy atom. The van der Waals surface area contributed by atoms with Crippen molar-refractivity contribution in [2.75, 3.05) is 0 Å². The lowest BCUT2D eigenvalue weighted by atomic mass is 10.0. The maximum atomic E-state index is 13.2. The van der Waals surface area contributed by atoms with Crippen molar-refractivity contribution < 1.29 is 4.39 Å². The fourth-order valence-corrected chi connectivity index (χ4v) is 2.68. The summed E-state index contributed by atoms with van der Waals surface area (Å²) in [6.45, 7) is 2.16. The Labute approximate surface area is 126 Å². The molecule has 2 aromatic carbocycles. The topological polar surface area (TPSA) is 0 Å². The third-order valence-electron chi connectivity index (χ3n) is 3.05. The molecule has 0 aliphatic carbocycles. The quantitative estimate of drug-likeness (QED) is 0.610. The standard InChI is InChI=1S/C16H15BrClF/c1-2-3-11-4-6-12(7-5-11)16(18)13-8-9-15(19)14(17)10-13/h4-10,16H,2-3H2,1H3. The van der Waals surface area contributed by atoms with Crippen LogP contribution in [0.15, 0.2) is 46.9 Å². The fraction of sp³-hybridized carbons (Fsp3) is 0.250. The zero-order chi connectivity index (χ0) is 13.8. The predicted octanol–water partition coefficient (Wildman–Crippen LogP) is 5.87. The largest absolute Gasteiger partial charge is 0.206 e. The molecule has 1 atom stereocenters. The van der Waals surface area contributed by atoms with E-state index in [0.717, 1.165) is 24.0 Å². The zero-order valence-electron chi connectivity index (χ0n) is 10.7. The fourth-order valence-electron chi connectivity index (χ4n) is 2.00. The molecule has 0 N–H and O–H groups in total. The molecule has 0 aliphatic rings.